The number of hydrogen-bond donors (Lipinski definition) is 1. The fourth-order valence-electron chi connectivity index (χ4n) is 3.48. The number of rotatable bonds is 5. The average Bonchev–Trinajstić information content (AvgIpc) is 3.32. The molecule has 2 aromatic heterocycles. The van der Waals surface area contributed by atoms with Gasteiger partial charge in [-0.2, -0.15) is 0 Å². The van der Waals surface area contributed by atoms with Crippen molar-refractivity contribution in [1.82, 2.24) is 14.1 Å². The first-order chi connectivity index (χ1) is 14.0. The Morgan fingerprint density at radius 3 is 2.55 bits per heavy atom. The number of nitrogens with zero attached hydrogens (tertiary/aromatic N) is 3. The monoisotopic (exact) mass is 388 g/mol. The summed E-state index contributed by atoms with van der Waals surface area (Å²) in [7, 11) is 0. The fourth-order valence-corrected chi connectivity index (χ4v) is 3.48. The second-order valence-corrected chi connectivity index (χ2v) is 6.96. The molecule has 1 amide bonds. The van der Waals surface area contributed by atoms with E-state index in [1.165, 1.54) is 6.07 Å². The number of carbonyl (C=O) groups excluding carboxylic acids is 1. The molecule has 146 valence electrons. The topological polar surface area (TPSA) is 51.9 Å². The number of anilines is 1. The van der Waals surface area contributed by atoms with Crippen LogP contribution in [0.4, 0.5) is 10.1 Å². The maximum absolute atomic E-state index is 14.2. The number of amides is 1. The Labute approximate surface area is 168 Å². The molecule has 1 N–H and O–H groups in total. The zero-order chi connectivity index (χ0) is 20.4. The van der Waals surface area contributed by atoms with Crippen molar-refractivity contribution in [2.45, 2.75) is 20.4 Å². The fraction of sp³-hybridized carbons (Fsp3) is 0.130. The summed E-state index contributed by atoms with van der Waals surface area (Å²) >= 11 is 0. The normalized spacial score (nSPS) is 10.9. The van der Waals surface area contributed by atoms with Crippen LogP contribution in [0.1, 0.15) is 27.3 Å². The van der Waals surface area contributed by atoms with E-state index in [9.17, 15) is 9.18 Å². The second-order valence-electron chi connectivity index (χ2n) is 6.96. The van der Waals surface area contributed by atoms with Gasteiger partial charge in [-0.1, -0.05) is 24.3 Å². The Hall–Kier alpha value is -3.67. The predicted octanol–water partition coefficient (Wildman–Crippen LogP) is 4.73. The molecule has 0 bridgehead atoms. The quantitative estimate of drug-likeness (QED) is 0.537. The molecule has 4 rings (SSSR count). The molecule has 0 fully saturated rings. The van der Waals surface area contributed by atoms with E-state index >= 15 is 0 Å². The van der Waals surface area contributed by atoms with Gasteiger partial charge in [0.2, 0.25) is 0 Å². The molecule has 0 aliphatic heterocycles. The molecule has 0 radical (unpaired) electrons. The summed E-state index contributed by atoms with van der Waals surface area (Å²) in [6, 6.07) is 16.0. The number of aromatic nitrogens is 3. The van der Waals surface area contributed by atoms with E-state index in [-0.39, 0.29) is 11.7 Å². The van der Waals surface area contributed by atoms with Gasteiger partial charge in [0, 0.05) is 36.0 Å². The Kier molecular flexibility index (Phi) is 4.99. The van der Waals surface area contributed by atoms with E-state index < -0.39 is 0 Å². The lowest BCUT2D eigenvalue weighted by atomic mass is 10.2. The van der Waals surface area contributed by atoms with Gasteiger partial charge in [0.25, 0.3) is 5.91 Å². The highest BCUT2D eigenvalue weighted by Crippen LogP contribution is 2.23. The summed E-state index contributed by atoms with van der Waals surface area (Å²) in [6.45, 7) is 4.40. The molecule has 0 aliphatic rings. The highest BCUT2D eigenvalue weighted by atomic mass is 19.1. The van der Waals surface area contributed by atoms with E-state index in [1.54, 1.807) is 41.4 Å². The SMILES string of the molecule is Cc1cc(C(=O)Nc2ccc(Cn3ccnc3)cc2)c(C)n1-c1ccccc1F. The first kappa shape index (κ1) is 18.7. The lowest BCUT2D eigenvalue weighted by molar-refractivity contribution is 0.102. The number of nitrogens with one attached hydrogen (secondary N) is 1. The summed E-state index contributed by atoms with van der Waals surface area (Å²) < 4.78 is 18.0. The summed E-state index contributed by atoms with van der Waals surface area (Å²) in [5.74, 6) is -0.544. The first-order valence-corrected chi connectivity index (χ1v) is 9.33. The highest BCUT2D eigenvalue weighted by Gasteiger charge is 2.18. The number of hydrogen-bond acceptors (Lipinski definition) is 2. The lowest BCUT2D eigenvalue weighted by Crippen LogP contribution is -2.13. The Balaban J connectivity index is 1.53. The minimum atomic E-state index is -0.324. The minimum absolute atomic E-state index is 0.219. The van der Waals surface area contributed by atoms with Gasteiger partial charge >= 0.3 is 0 Å². The van der Waals surface area contributed by atoms with Crippen molar-refractivity contribution < 1.29 is 9.18 Å². The number of benzene rings is 2. The molecular formula is C23H21FN4O. The Morgan fingerprint density at radius 1 is 1.10 bits per heavy atom. The van der Waals surface area contributed by atoms with Crippen LogP contribution in [0.2, 0.25) is 0 Å². The van der Waals surface area contributed by atoms with Crippen LogP contribution in [-0.4, -0.2) is 20.0 Å². The maximum Gasteiger partial charge on any atom is 0.257 e. The third kappa shape index (κ3) is 3.82. The number of halogens is 1. The zero-order valence-electron chi connectivity index (χ0n) is 16.3. The van der Waals surface area contributed by atoms with Crippen molar-refractivity contribution in [2.75, 3.05) is 5.32 Å². The van der Waals surface area contributed by atoms with E-state index in [4.69, 9.17) is 0 Å². The summed E-state index contributed by atoms with van der Waals surface area (Å²) in [6.07, 6.45) is 5.41. The number of para-hydroxylation sites is 1. The van der Waals surface area contributed by atoms with E-state index in [1.807, 2.05) is 48.9 Å². The van der Waals surface area contributed by atoms with Crippen molar-refractivity contribution in [2.24, 2.45) is 0 Å². The van der Waals surface area contributed by atoms with Gasteiger partial charge in [-0.15, -0.1) is 0 Å². The van der Waals surface area contributed by atoms with Gasteiger partial charge in [-0.25, -0.2) is 9.37 Å². The van der Waals surface area contributed by atoms with Crippen LogP contribution in [0.25, 0.3) is 5.69 Å². The summed E-state index contributed by atoms with van der Waals surface area (Å²) in [5.41, 5.74) is 4.27. The van der Waals surface area contributed by atoms with Gasteiger partial charge in [0.05, 0.1) is 17.6 Å². The van der Waals surface area contributed by atoms with Gasteiger partial charge in [0.15, 0.2) is 0 Å². The molecule has 0 aliphatic carbocycles. The van der Waals surface area contributed by atoms with E-state index in [2.05, 4.69) is 10.3 Å². The molecule has 6 heteroatoms. The molecule has 0 saturated heterocycles. The number of imidazole rings is 1. The third-order valence-corrected chi connectivity index (χ3v) is 4.91. The molecular weight excluding hydrogens is 367 g/mol. The molecule has 0 unspecified atom stereocenters. The molecule has 4 aromatic rings. The van der Waals surface area contributed by atoms with Crippen LogP contribution in [-0.2, 0) is 6.54 Å². The van der Waals surface area contributed by atoms with Crippen LogP contribution in [0.5, 0.6) is 0 Å². The Morgan fingerprint density at radius 2 is 1.86 bits per heavy atom. The average molecular weight is 388 g/mol. The molecule has 29 heavy (non-hydrogen) atoms. The van der Waals surface area contributed by atoms with Gasteiger partial charge in [0.1, 0.15) is 5.82 Å². The minimum Gasteiger partial charge on any atom is -0.333 e. The van der Waals surface area contributed by atoms with Crippen LogP contribution < -0.4 is 5.32 Å². The molecule has 0 saturated carbocycles. The van der Waals surface area contributed by atoms with Crippen LogP contribution >= 0.6 is 0 Å². The molecule has 2 aromatic carbocycles. The second kappa shape index (κ2) is 7.75. The lowest BCUT2D eigenvalue weighted by Gasteiger charge is -2.11. The summed E-state index contributed by atoms with van der Waals surface area (Å²) in [5, 5.41) is 2.93. The van der Waals surface area contributed by atoms with Crippen molar-refractivity contribution in [3.63, 3.8) is 0 Å². The van der Waals surface area contributed by atoms with Crippen molar-refractivity contribution in [3.05, 3.63) is 102 Å². The van der Waals surface area contributed by atoms with Gasteiger partial charge in [-0.05, 0) is 49.7 Å². The third-order valence-electron chi connectivity index (χ3n) is 4.91. The van der Waals surface area contributed by atoms with Crippen LogP contribution in [0.3, 0.4) is 0 Å². The number of carbonyl (C=O) groups is 1. The van der Waals surface area contributed by atoms with E-state index in [0.29, 0.717) is 22.6 Å². The summed E-state index contributed by atoms with van der Waals surface area (Å²) in [4.78, 5) is 16.9. The smallest absolute Gasteiger partial charge is 0.257 e. The molecule has 0 atom stereocenters. The molecule has 2 heterocycles. The standard InChI is InChI=1S/C23H21FN4O/c1-16-13-20(17(2)28(16)22-6-4-3-5-21(22)24)23(29)26-19-9-7-18(8-10-19)14-27-12-11-25-15-27/h3-13,15H,14H2,1-2H3,(H,26,29). The van der Waals surface area contributed by atoms with E-state index in [0.717, 1.165) is 17.8 Å². The molecule has 0 spiro atoms. The van der Waals surface area contributed by atoms with Crippen LogP contribution in [0.15, 0.2) is 73.3 Å². The maximum atomic E-state index is 14.2. The van der Waals surface area contributed by atoms with Gasteiger partial charge < -0.3 is 14.5 Å². The predicted molar refractivity (Wildman–Crippen MR) is 111 cm³/mol. The highest BCUT2D eigenvalue weighted by molar-refractivity contribution is 6.05. The molecule has 5 nitrogen and oxygen atoms in total. The van der Waals surface area contributed by atoms with Crippen molar-refractivity contribution >= 4 is 11.6 Å². The zero-order valence-corrected chi connectivity index (χ0v) is 16.3. The first-order valence-electron chi connectivity index (χ1n) is 9.33. The van der Waals surface area contributed by atoms with Gasteiger partial charge in [-0.3, -0.25) is 4.79 Å². The largest absolute Gasteiger partial charge is 0.333 e. The number of aryl methyl sites for hydroxylation is 1. The van der Waals surface area contributed by atoms with Crippen molar-refractivity contribution in [3.8, 4) is 5.69 Å². The van der Waals surface area contributed by atoms with Crippen LogP contribution in [0, 0.1) is 19.7 Å². The van der Waals surface area contributed by atoms with Crippen molar-refractivity contribution in [1.29, 1.82) is 0 Å². The Bertz CT molecular complexity index is 1140.